The maximum Gasteiger partial charge on any atom is 0.176 e. The summed E-state index contributed by atoms with van der Waals surface area (Å²) < 4.78 is 15.8. The van der Waals surface area contributed by atoms with Gasteiger partial charge in [-0.1, -0.05) is 0 Å². The maximum atomic E-state index is 10.1. The fraction of sp³-hybridized carbons (Fsp3) is 1.00. The summed E-state index contributed by atoms with van der Waals surface area (Å²) >= 11 is 0. The highest BCUT2D eigenvalue weighted by atomic mass is 35.5. The van der Waals surface area contributed by atoms with Crippen molar-refractivity contribution in [1.82, 2.24) is 0 Å². The van der Waals surface area contributed by atoms with E-state index < -0.39 is 74.5 Å². The first-order valence-electron chi connectivity index (χ1n) is 7.23. The van der Waals surface area contributed by atoms with Crippen LogP contribution in [0.25, 0.3) is 0 Å². The molecule has 2 heterocycles. The van der Waals surface area contributed by atoms with Crippen LogP contribution in [-0.2, 0) is 14.2 Å². The Morgan fingerprint density at radius 2 is 1.32 bits per heavy atom. The number of aliphatic hydroxyl groups is 6. The van der Waals surface area contributed by atoms with Crippen molar-refractivity contribution in [2.75, 3.05) is 13.2 Å². The molecular formula is C12H26Cl2N2O9. The van der Waals surface area contributed by atoms with Crippen LogP contribution in [-0.4, -0.2) is 105 Å². The Balaban J connectivity index is 0.00000288. The average molecular weight is 413 g/mol. The van der Waals surface area contributed by atoms with Gasteiger partial charge >= 0.3 is 0 Å². The number of hydrogen-bond donors (Lipinski definition) is 8. The molecule has 0 radical (unpaired) electrons. The predicted molar refractivity (Wildman–Crippen MR) is 87.1 cm³/mol. The summed E-state index contributed by atoms with van der Waals surface area (Å²) in [5.41, 5.74) is 11.3. The van der Waals surface area contributed by atoms with Crippen LogP contribution >= 0.6 is 24.8 Å². The summed E-state index contributed by atoms with van der Waals surface area (Å²) in [5, 5.41) is 57.7. The Morgan fingerprint density at radius 3 is 1.84 bits per heavy atom. The molecular weight excluding hydrogens is 387 g/mol. The Hall–Kier alpha value is 0.140. The van der Waals surface area contributed by atoms with Crippen molar-refractivity contribution in [2.45, 2.75) is 61.3 Å². The maximum absolute atomic E-state index is 10.1. The fourth-order valence-electron chi connectivity index (χ4n) is 2.65. The van der Waals surface area contributed by atoms with Crippen LogP contribution in [0.1, 0.15) is 0 Å². The van der Waals surface area contributed by atoms with Gasteiger partial charge in [0, 0.05) is 0 Å². The van der Waals surface area contributed by atoms with E-state index in [1.54, 1.807) is 0 Å². The molecule has 2 rings (SSSR count). The Morgan fingerprint density at radius 1 is 0.760 bits per heavy atom. The van der Waals surface area contributed by atoms with Crippen LogP contribution in [0.3, 0.4) is 0 Å². The molecule has 2 saturated heterocycles. The van der Waals surface area contributed by atoms with Crippen LogP contribution in [0, 0.1) is 0 Å². The third kappa shape index (κ3) is 5.11. The molecule has 1 unspecified atom stereocenters. The molecule has 11 nitrogen and oxygen atoms in total. The minimum absolute atomic E-state index is 0. The molecule has 0 aliphatic carbocycles. The molecule has 2 aliphatic heterocycles. The normalized spacial score (nSPS) is 47.5. The van der Waals surface area contributed by atoms with Gasteiger partial charge in [-0.3, -0.25) is 0 Å². The number of aliphatic hydroxyl groups excluding tert-OH is 6. The quantitative estimate of drug-likeness (QED) is 0.220. The van der Waals surface area contributed by atoms with E-state index in [-0.39, 0.29) is 24.8 Å². The van der Waals surface area contributed by atoms with Crippen LogP contribution in [0.15, 0.2) is 0 Å². The van der Waals surface area contributed by atoms with Crippen LogP contribution in [0.2, 0.25) is 0 Å². The zero-order valence-corrected chi connectivity index (χ0v) is 14.7. The minimum Gasteiger partial charge on any atom is -0.394 e. The van der Waals surface area contributed by atoms with Crippen molar-refractivity contribution in [2.24, 2.45) is 11.5 Å². The molecule has 0 aromatic carbocycles. The lowest BCUT2D eigenvalue weighted by molar-refractivity contribution is -0.324. The minimum atomic E-state index is -1.49. The molecule has 2 fully saturated rings. The molecule has 0 aromatic rings. The van der Waals surface area contributed by atoms with E-state index in [9.17, 15) is 25.5 Å². The average Bonchev–Trinajstić information content (AvgIpc) is 2.55. The molecule has 10 atom stereocenters. The van der Waals surface area contributed by atoms with Gasteiger partial charge in [-0.15, -0.1) is 24.8 Å². The van der Waals surface area contributed by atoms with Crippen molar-refractivity contribution >= 4 is 24.8 Å². The third-order valence-electron chi connectivity index (χ3n) is 4.14. The van der Waals surface area contributed by atoms with E-state index >= 15 is 0 Å². The summed E-state index contributed by atoms with van der Waals surface area (Å²) in [4.78, 5) is 0. The highest BCUT2D eigenvalue weighted by molar-refractivity contribution is 5.85. The SMILES string of the molecule is Cl.Cl.N[C@H]1[C@H](O[C@H]2[C@H](O)[C@@H](N)C(O)O[C@@H]2CO)O[C@H](CO)[C@@H](O)[C@@H]1O. The molecule has 10 N–H and O–H groups in total. The van der Waals surface area contributed by atoms with Gasteiger partial charge in [-0.05, 0) is 0 Å². The van der Waals surface area contributed by atoms with Crippen molar-refractivity contribution in [1.29, 1.82) is 0 Å². The number of halogens is 2. The van der Waals surface area contributed by atoms with Crippen LogP contribution in [0.4, 0.5) is 0 Å². The highest BCUT2D eigenvalue weighted by Gasteiger charge is 2.49. The van der Waals surface area contributed by atoms with E-state index in [1.165, 1.54) is 0 Å². The van der Waals surface area contributed by atoms with Gasteiger partial charge in [0.05, 0.1) is 25.3 Å². The van der Waals surface area contributed by atoms with E-state index in [0.29, 0.717) is 0 Å². The topological polar surface area (TPSA) is 201 Å². The van der Waals surface area contributed by atoms with Crippen LogP contribution in [0.5, 0.6) is 0 Å². The van der Waals surface area contributed by atoms with E-state index in [2.05, 4.69) is 0 Å². The molecule has 2 aliphatic rings. The van der Waals surface area contributed by atoms with Crippen LogP contribution < -0.4 is 11.5 Å². The van der Waals surface area contributed by atoms with Gasteiger partial charge in [-0.2, -0.15) is 0 Å². The molecule has 0 spiro atoms. The Kier molecular flexibility index (Phi) is 10.5. The van der Waals surface area contributed by atoms with Gasteiger partial charge in [0.2, 0.25) is 0 Å². The lowest BCUT2D eigenvalue weighted by atomic mass is 9.95. The molecule has 0 saturated carbocycles. The number of nitrogens with two attached hydrogens (primary N) is 2. The number of hydrogen-bond acceptors (Lipinski definition) is 11. The Labute approximate surface area is 156 Å². The second-order valence-electron chi connectivity index (χ2n) is 5.70. The second-order valence-corrected chi connectivity index (χ2v) is 5.70. The third-order valence-corrected chi connectivity index (χ3v) is 4.14. The zero-order chi connectivity index (χ0) is 17.3. The molecule has 25 heavy (non-hydrogen) atoms. The molecule has 0 amide bonds. The summed E-state index contributed by atoms with van der Waals surface area (Å²) in [6.07, 6.45) is -10.5. The smallest absolute Gasteiger partial charge is 0.176 e. The van der Waals surface area contributed by atoms with E-state index in [4.69, 9.17) is 30.8 Å². The fourth-order valence-corrected chi connectivity index (χ4v) is 2.65. The predicted octanol–water partition coefficient (Wildman–Crippen LogP) is -4.62. The first-order chi connectivity index (χ1) is 10.8. The zero-order valence-electron chi connectivity index (χ0n) is 13.1. The lowest BCUT2D eigenvalue weighted by Gasteiger charge is -2.45. The van der Waals surface area contributed by atoms with Gasteiger partial charge < -0.3 is 56.3 Å². The standard InChI is InChI=1S/C12H24N2O9.2ClH/c13-5-9(19)10(4(2-16)21-11(5)20)23-12-6(14)8(18)7(17)3(1-15)22-12;;/h3-12,15-20H,1-2,13-14H2;2*1H/t3-,4-,5-,6-,7-,8-,9-,10-,11?,12+;;/m1../s1. The molecule has 152 valence electrons. The van der Waals surface area contributed by atoms with Crippen molar-refractivity contribution in [3.8, 4) is 0 Å². The first-order valence-corrected chi connectivity index (χ1v) is 7.23. The first kappa shape index (κ1) is 25.1. The largest absolute Gasteiger partial charge is 0.394 e. The number of ether oxygens (including phenoxy) is 3. The summed E-state index contributed by atoms with van der Waals surface area (Å²) in [6, 6.07) is -2.37. The van der Waals surface area contributed by atoms with E-state index in [0.717, 1.165) is 0 Å². The van der Waals surface area contributed by atoms with Gasteiger partial charge in [0.25, 0.3) is 0 Å². The monoisotopic (exact) mass is 412 g/mol. The van der Waals surface area contributed by atoms with Crippen molar-refractivity contribution in [3.63, 3.8) is 0 Å². The summed E-state index contributed by atoms with van der Waals surface area (Å²) in [7, 11) is 0. The van der Waals surface area contributed by atoms with Crippen molar-refractivity contribution < 1.29 is 44.8 Å². The number of rotatable bonds is 4. The molecule has 0 aromatic heterocycles. The molecule has 13 heteroatoms. The summed E-state index contributed by atoms with van der Waals surface area (Å²) in [5.74, 6) is 0. The Bertz CT molecular complexity index is 396. The van der Waals surface area contributed by atoms with Gasteiger partial charge in [-0.25, -0.2) is 0 Å². The van der Waals surface area contributed by atoms with Gasteiger partial charge in [0.1, 0.15) is 36.6 Å². The second kappa shape index (κ2) is 10.5. The van der Waals surface area contributed by atoms with Crippen molar-refractivity contribution in [3.05, 3.63) is 0 Å². The summed E-state index contributed by atoms with van der Waals surface area (Å²) in [6.45, 7) is -1.17. The lowest BCUT2D eigenvalue weighted by Crippen LogP contribution is -2.67. The highest BCUT2D eigenvalue weighted by Crippen LogP contribution is 2.27. The van der Waals surface area contributed by atoms with Gasteiger partial charge in [0.15, 0.2) is 12.6 Å². The molecule has 0 bridgehead atoms. The van der Waals surface area contributed by atoms with E-state index in [1.807, 2.05) is 0 Å².